The third-order valence-corrected chi connectivity index (χ3v) is 2.50. The van der Waals surface area contributed by atoms with Gasteiger partial charge in [-0.15, -0.1) is 0 Å². The van der Waals surface area contributed by atoms with Crippen LogP contribution in [0.5, 0.6) is 0 Å². The molecule has 5 nitrogen and oxygen atoms in total. The van der Waals surface area contributed by atoms with Gasteiger partial charge >= 0.3 is 0 Å². The van der Waals surface area contributed by atoms with Crippen molar-refractivity contribution in [1.82, 2.24) is 15.0 Å². The van der Waals surface area contributed by atoms with Gasteiger partial charge in [-0.25, -0.2) is 15.8 Å². The maximum Gasteiger partial charge on any atom is 0.145 e. The van der Waals surface area contributed by atoms with Crippen LogP contribution in [0.15, 0.2) is 24.5 Å². The zero-order chi connectivity index (χ0) is 14.6. The van der Waals surface area contributed by atoms with Crippen molar-refractivity contribution in [3.63, 3.8) is 0 Å². The van der Waals surface area contributed by atoms with E-state index >= 15 is 0 Å². The summed E-state index contributed by atoms with van der Waals surface area (Å²) in [5.41, 5.74) is 8.20. The van der Waals surface area contributed by atoms with Crippen molar-refractivity contribution < 1.29 is 0 Å². The van der Waals surface area contributed by atoms with E-state index in [1.165, 1.54) is 5.01 Å². The molecule has 19 heavy (non-hydrogen) atoms. The average molecular weight is 261 g/mol. The minimum atomic E-state index is -0.150. The van der Waals surface area contributed by atoms with Crippen molar-refractivity contribution in [2.75, 3.05) is 12.8 Å². The Balaban J connectivity index is 3.35. The van der Waals surface area contributed by atoms with Gasteiger partial charge in [0.05, 0.1) is 17.6 Å². The summed E-state index contributed by atoms with van der Waals surface area (Å²) >= 11 is 0. The van der Waals surface area contributed by atoms with Crippen molar-refractivity contribution in [3.8, 4) is 0 Å². The Kier molecular flexibility index (Phi) is 4.67. The molecular formula is C14H23N5. The molecule has 1 rings (SSSR count). The Hall–Kier alpha value is -1.88. The minimum absolute atomic E-state index is 0.150. The first-order valence-corrected chi connectivity index (χ1v) is 6.21. The number of allylic oxidation sites excluding steroid dienone is 3. The molecule has 0 unspecified atom stereocenters. The second kappa shape index (κ2) is 5.84. The van der Waals surface area contributed by atoms with Gasteiger partial charge in [-0.05, 0) is 6.92 Å². The van der Waals surface area contributed by atoms with Gasteiger partial charge in [-0.2, -0.15) is 0 Å². The summed E-state index contributed by atoms with van der Waals surface area (Å²) in [7, 11) is 1.76. The molecule has 0 bridgehead atoms. The molecule has 0 spiro atoms. The third-order valence-electron chi connectivity index (χ3n) is 2.50. The van der Waals surface area contributed by atoms with Gasteiger partial charge in [0.1, 0.15) is 5.82 Å². The van der Waals surface area contributed by atoms with Crippen molar-refractivity contribution in [1.29, 1.82) is 0 Å². The van der Waals surface area contributed by atoms with Gasteiger partial charge in [0.15, 0.2) is 0 Å². The standard InChI is InChI=1S/C14H23N5/c1-6-7-10(9-19(5)16)11-8-17-13(15)12(18-11)14(2,3)4/h6-9H,16H2,1-5H3,(H2,15,17)/b7-6-,10-9+. The SMILES string of the molecule is C/C=C\C(=C/N(C)N)c1cnc(N)c(C(C)(C)C)n1. The number of hydrogen-bond donors (Lipinski definition) is 2. The molecule has 0 aromatic carbocycles. The van der Waals surface area contributed by atoms with E-state index in [1.807, 2.05) is 19.1 Å². The lowest BCUT2D eigenvalue weighted by atomic mass is 9.91. The molecule has 0 aliphatic heterocycles. The Morgan fingerprint density at radius 2 is 2.00 bits per heavy atom. The maximum atomic E-state index is 5.90. The smallest absolute Gasteiger partial charge is 0.145 e. The lowest BCUT2D eigenvalue weighted by molar-refractivity contribution is 0.486. The number of rotatable bonds is 3. The highest BCUT2D eigenvalue weighted by molar-refractivity contribution is 5.71. The second-order valence-corrected chi connectivity index (χ2v) is 5.49. The summed E-state index contributed by atoms with van der Waals surface area (Å²) in [6.07, 6.45) is 7.34. The van der Waals surface area contributed by atoms with Crippen LogP contribution >= 0.6 is 0 Å². The quantitative estimate of drug-likeness (QED) is 0.494. The molecule has 5 heteroatoms. The van der Waals surface area contributed by atoms with E-state index < -0.39 is 0 Å². The molecule has 0 aliphatic carbocycles. The van der Waals surface area contributed by atoms with Gasteiger partial charge < -0.3 is 10.7 Å². The van der Waals surface area contributed by atoms with Crippen LogP contribution in [0.25, 0.3) is 5.57 Å². The van der Waals surface area contributed by atoms with E-state index in [0.29, 0.717) is 5.82 Å². The van der Waals surface area contributed by atoms with E-state index in [-0.39, 0.29) is 5.41 Å². The molecule has 4 N–H and O–H groups in total. The molecule has 0 saturated carbocycles. The molecule has 1 aromatic heterocycles. The first-order chi connectivity index (χ1) is 8.75. The Morgan fingerprint density at radius 3 is 2.47 bits per heavy atom. The molecule has 0 radical (unpaired) electrons. The number of nitrogen functional groups attached to an aromatic ring is 1. The number of nitrogens with zero attached hydrogens (tertiary/aromatic N) is 3. The summed E-state index contributed by atoms with van der Waals surface area (Å²) in [5, 5.41) is 1.49. The first kappa shape index (κ1) is 15.2. The van der Waals surface area contributed by atoms with Gasteiger partial charge in [-0.1, -0.05) is 32.9 Å². The molecule has 104 valence electrons. The fourth-order valence-corrected chi connectivity index (χ4v) is 1.68. The molecule has 0 fully saturated rings. The summed E-state index contributed by atoms with van der Waals surface area (Å²) in [5.74, 6) is 6.13. The van der Waals surface area contributed by atoms with E-state index in [0.717, 1.165) is 17.0 Å². The second-order valence-electron chi connectivity index (χ2n) is 5.49. The van der Waals surface area contributed by atoms with Crippen LogP contribution in [0.3, 0.4) is 0 Å². The van der Waals surface area contributed by atoms with Crippen LogP contribution < -0.4 is 11.6 Å². The molecule has 1 aromatic rings. The number of aromatic nitrogens is 2. The highest BCUT2D eigenvalue weighted by Gasteiger charge is 2.20. The zero-order valence-corrected chi connectivity index (χ0v) is 12.3. The topological polar surface area (TPSA) is 81.1 Å². The Labute approximate surface area is 115 Å². The van der Waals surface area contributed by atoms with Crippen LogP contribution in [0.1, 0.15) is 39.1 Å². The minimum Gasteiger partial charge on any atom is -0.382 e. The largest absolute Gasteiger partial charge is 0.382 e. The van der Waals surface area contributed by atoms with Gasteiger partial charge in [-0.3, -0.25) is 0 Å². The van der Waals surface area contributed by atoms with Crippen molar-refractivity contribution in [2.45, 2.75) is 33.1 Å². The average Bonchev–Trinajstić information content (AvgIpc) is 2.27. The molecule has 0 amide bonds. The summed E-state index contributed by atoms with van der Waals surface area (Å²) in [6, 6.07) is 0. The molecule has 0 saturated heterocycles. The fourth-order valence-electron chi connectivity index (χ4n) is 1.68. The number of hydrogen-bond acceptors (Lipinski definition) is 5. The third kappa shape index (κ3) is 4.06. The number of nitrogens with two attached hydrogens (primary N) is 2. The van der Waals surface area contributed by atoms with E-state index in [1.54, 1.807) is 19.4 Å². The summed E-state index contributed by atoms with van der Waals surface area (Å²) in [6.45, 7) is 8.13. The van der Waals surface area contributed by atoms with Crippen molar-refractivity contribution in [2.24, 2.45) is 5.84 Å². The summed E-state index contributed by atoms with van der Waals surface area (Å²) < 4.78 is 0. The van der Waals surface area contributed by atoms with Crippen LogP contribution in [-0.2, 0) is 5.41 Å². The van der Waals surface area contributed by atoms with Crippen LogP contribution in [0.2, 0.25) is 0 Å². The lowest BCUT2D eigenvalue weighted by Gasteiger charge is -2.20. The van der Waals surface area contributed by atoms with Crippen LogP contribution in [-0.4, -0.2) is 22.0 Å². The van der Waals surface area contributed by atoms with Gasteiger partial charge in [0, 0.05) is 24.2 Å². The highest BCUT2D eigenvalue weighted by atomic mass is 15.4. The predicted molar refractivity (Wildman–Crippen MR) is 79.9 cm³/mol. The van der Waals surface area contributed by atoms with Crippen LogP contribution in [0.4, 0.5) is 5.82 Å². The Morgan fingerprint density at radius 1 is 1.37 bits per heavy atom. The van der Waals surface area contributed by atoms with Gasteiger partial charge in [0.2, 0.25) is 0 Å². The maximum absolute atomic E-state index is 5.90. The van der Waals surface area contributed by atoms with Gasteiger partial charge in [0.25, 0.3) is 0 Å². The number of hydrazine groups is 1. The molecule has 1 heterocycles. The predicted octanol–water partition coefficient (Wildman–Crippen LogP) is 2.08. The fraction of sp³-hybridized carbons (Fsp3) is 0.429. The Bertz CT molecular complexity index is 495. The van der Waals surface area contributed by atoms with Crippen molar-refractivity contribution >= 4 is 11.4 Å². The normalized spacial score (nSPS) is 13.1. The monoisotopic (exact) mass is 261 g/mol. The molecular weight excluding hydrogens is 238 g/mol. The molecule has 0 atom stereocenters. The summed E-state index contributed by atoms with van der Waals surface area (Å²) in [4.78, 5) is 8.86. The zero-order valence-electron chi connectivity index (χ0n) is 12.3. The van der Waals surface area contributed by atoms with E-state index in [9.17, 15) is 0 Å². The van der Waals surface area contributed by atoms with E-state index in [4.69, 9.17) is 11.6 Å². The first-order valence-electron chi connectivity index (χ1n) is 6.21. The number of anilines is 1. The van der Waals surface area contributed by atoms with E-state index in [2.05, 4.69) is 30.7 Å². The van der Waals surface area contributed by atoms with Crippen molar-refractivity contribution in [3.05, 3.63) is 35.9 Å². The molecule has 0 aliphatic rings. The highest BCUT2D eigenvalue weighted by Crippen LogP contribution is 2.26. The lowest BCUT2D eigenvalue weighted by Crippen LogP contribution is -2.20. The van der Waals surface area contributed by atoms with Crippen LogP contribution in [0, 0.1) is 0 Å².